The number of para-hydroxylation sites is 2. The van der Waals surface area contributed by atoms with E-state index in [1.807, 2.05) is 24.3 Å². The van der Waals surface area contributed by atoms with Gasteiger partial charge < -0.3 is 10.3 Å². The lowest BCUT2D eigenvalue weighted by Gasteiger charge is -2.03. The molecule has 2 aromatic carbocycles. The van der Waals surface area contributed by atoms with Crippen molar-refractivity contribution in [1.82, 2.24) is 14.5 Å². The van der Waals surface area contributed by atoms with Gasteiger partial charge in [0.2, 0.25) is 0 Å². The van der Waals surface area contributed by atoms with Crippen LogP contribution in [0.2, 0.25) is 0 Å². The highest BCUT2D eigenvalue weighted by molar-refractivity contribution is 9.10. The van der Waals surface area contributed by atoms with Crippen molar-refractivity contribution in [1.29, 1.82) is 0 Å². The van der Waals surface area contributed by atoms with E-state index >= 15 is 0 Å². The van der Waals surface area contributed by atoms with Gasteiger partial charge in [0.25, 0.3) is 0 Å². The standard InChI is InChI=1S/C16H13BrN4/c17-10-5-6-14-11(9-10)15-16(21(14)8-7-18)20-13-4-2-1-3-12(13)19-15/h1-6,9H,7-8,18H2/p+1. The smallest absolute Gasteiger partial charge is 0.160 e. The number of quaternary nitrogens is 1. The molecule has 0 spiro atoms. The fourth-order valence-corrected chi connectivity index (χ4v) is 3.15. The Bertz CT molecular complexity index is 974. The molecule has 0 atom stereocenters. The van der Waals surface area contributed by atoms with Gasteiger partial charge in [0.05, 0.1) is 29.6 Å². The van der Waals surface area contributed by atoms with E-state index in [2.05, 4.69) is 44.4 Å². The average molecular weight is 342 g/mol. The van der Waals surface area contributed by atoms with Crippen molar-refractivity contribution in [3.05, 3.63) is 46.9 Å². The van der Waals surface area contributed by atoms with E-state index < -0.39 is 0 Å². The Labute approximate surface area is 129 Å². The Kier molecular flexibility index (Phi) is 2.90. The van der Waals surface area contributed by atoms with Gasteiger partial charge in [0, 0.05) is 9.86 Å². The Morgan fingerprint density at radius 3 is 2.57 bits per heavy atom. The van der Waals surface area contributed by atoms with Gasteiger partial charge in [0.1, 0.15) is 5.52 Å². The molecule has 0 unspecified atom stereocenters. The summed E-state index contributed by atoms with van der Waals surface area (Å²) in [6, 6.07) is 14.3. The molecular weight excluding hydrogens is 328 g/mol. The van der Waals surface area contributed by atoms with Crippen LogP contribution in [0.4, 0.5) is 0 Å². The van der Waals surface area contributed by atoms with Crippen LogP contribution in [0, 0.1) is 0 Å². The topological polar surface area (TPSA) is 58.4 Å². The highest BCUT2D eigenvalue weighted by Crippen LogP contribution is 2.30. The third-order valence-electron chi connectivity index (χ3n) is 3.69. The predicted molar refractivity (Wildman–Crippen MR) is 88.0 cm³/mol. The van der Waals surface area contributed by atoms with E-state index in [9.17, 15) is 0 Å². The van der Waals surface area contributed by atoms with E-state index in [0.29, 0.717) is 0 Å². The zero-order chi connectivity index (χ0) is 14.4. The lowest BCUT2D eigenvalue weighted by molar-refractivity contribution is -0.369. The second kappa shape index (κ2) is 4.79. The van der Waals surface area contributed by atoms with Crippen LogP contribution in [0.3, 0.4) is 0 Å². The quantitative estimate of drug-likeness (QED) is 0.609. The van der Waals surface area contributed by atoms with Gasteiger partial charge in [0.15, 0.2) is 5.65 Å². The fraction of sp³-hybridized carbons (Fsp3) is 0.125. The Morgan fingerprint density at radius 1 is 1.05 bits per heavy atom. The first-order valence-corrected chi connectivity index (χ1v) is 7.71. The van der Waals surface area contributed by atoms with Gasteiger partial charge in [-0.25, -0.2) is 9.97 Å². The van der Waals surface area contributed by atoms with E-state index in [1.165, 1.54) is 0 Å². The maximum Gasteiger partial charge on any atom is 0.160 e. The summed E-state index contributed by atoms with van der Waals surface area (Å²) in [5.74, 6) is 0. The lowest BCUT2D eigenvalue weighted by Crippen LogP contribution is -2.51. The second-order valence-corrected chi connectivity index (χ2v) is 5.97. The molecule has 0 aliphatic heterocycles. The maximum atomic E-state index is 4.83. The summed E-state index contributed by atoms with van der Waals surface area (Å²) < 4.78 is 3.27. The molecule has 4 rings (SSSR count). The molecule has 21 heavy (non-hydrogen) atoms. The Balaban J connectivity index is 2.22. The van der Waals surface area contributed by atoms with Crippen molar-refractivity contribution in [3.8, 4) is 0 Å². The number of benzene rings is 2. The van der Waals surface area contributed by atoms with Gasteiger partial charge in [-0.2, -0.15) is 0 Å². The zero-order valence-electron chi connectivity index (χ0n) is 11.4. The largest absolute Gasteiger partial charge is 0.356 e. The number of hydrogen-bond acceptors (Lipinski definition) is 2. The van der Waals surface area contributed by atoms with Crippen molar-refractivity contribution in [3.63, 3.8) is 0 Å². The van der Waals surface area contributed by atoms with Crippen LogP contribution in [0.5, 0.6) is 0 Å². The van der Waals surface area contributed by atoms with E-state index in [1.54, 1.807) is 0 Å². The fourth-order valence-electron chi connectivity index (χ4n) is 2.79. The van der Waals surface area contributed by atoms with Crippen molar-refractivity contribution in [2.75, 3.05) is 6.54 Å². The number of nitrogens with zero attached hydrogens (tertiary/aromatic N) is 3. The van der Waals surface area contributed by atoms with Crippen LogP contribution in [-0.4, -0.2) is 21.1 Å². The van der Waals surface area contributed by atoms with Crippen LogP contribution in [0.25, 0.3) is 33.1 Å². The minimum Gasteiger partial charge on any atom is -0.356 e. The highest BCUT2D eigenvalue weighted by Gasteiger charge is 2.14. The van der Waals surface area contributed by atoms with Gasteiger partial charge in [-0.05, 0) is 30.3 Å². The number of aromatic nitrogens is 3. The van der Waals surface area contributed by atoms with Gasteiger partial charge in [-0.3, -0.25) is 0 Å². The summed E-state index contributed by atoms with van der Waals surface area (Å²) in [7, 11) is 0. The van der Waals surface area contributed by atoms with Crippen LogP contribution < -0.4 is 5.73 Å². The molecule has 0 radical (unpaired) electrons. The maximum absolute atomic E-state index is 4.83. The van der Waals surface area contributed by atoms with Crippen molar-refractivity contribution < 1.29 is 5.73 Å². The number of fused-ring (bicyclic) bond motifs is 4. The average Bonchev–Trinajstić information content (AvgIpc) is 2.79. The second-order valence-electron chi connectivity index (χ2n) is 5.05. The Hall–Kier alpha value is -1.98. The van der Waals surface area contributed by atoms with Crippen molar-refractivity contribution in [2.45, 2.75) is 6.54 Å². The molecule has 0 aliphatic rings. The molecule has 4 nitrogen and oxygen atoms in total. The summed E-state index contributed by atoms with van der Waals surface area (Å²) in [6.07, 6.45) is 0. The van der Waals surface area contributed by atoms with E-state index in [4.69, 9.17) is 9.97 Å². The third kappa shape index (κ3) is 1.92. The summed E-state index contributed by atoms with van der Waals surface area (Å²) in [5.41, 5.74) is 8.88. The molecule has 2 heterocycles. The van der Waals surface area contributed by atoms with Crippen LogP contribution in [-0.2, 0) is 6.54 Å². The van der Waals surface area contributed by atoms with Crippen LogP contribution in [0.15, 0.2) is 46.9 Å². The highest BCUT2D eigenvalue weighted by atomic mass is 79.9. The first-order valence-electron chi connectivity index (χ1n) is 6.91. The molecule has 3 N–H and O–H groups in total. The first kappa shape index (κ1) is 12.7. The molecule has 2 aromatic heterocycles. The summed E-state index contributed by atoms with van der Waals surface area (Å²) in [4.78, 5) is 9.65. The minimum absolute atomic E-state index is 0.823. The van der Waals surface area contributed by atoms with Gasteiger partial charge in [-0.1, -0.05) is 28.1 Å². The van der Waals surface area contributed by atoms with E-state index in [0.717, 1.165) is 50.7 Å². The molecule has 0 bridgehead atoms. The number of halogens is 1. The molecule has 0 fully saturated rings. The monoisotopic (exact) mass is 341 g/mol. The molecule has 4 aromatic rings. The van der Waals surface area contributed by atoms with Gasteiger partial charge in [-0.15, -0.1) is 0 Å². The first-order chi connectivity index (χ1) is 10.3. The van der Waals surface area contributed by atoms with Crippen molar-refractivity contribution in [2.24, 2.45) is 0 Å². The molecule has 0 saturated carbocycles. The molecule has 0 saturated heterocycles. The van der Waals surface area contributed by atoms with Crippen LogP contribution >= 0.6 is 15.9 Å². The summed E-state index contributed by atoms with van der Waals surface area (Å²) in [6.45, 7) is 1.66. The van der Waals surface area contributed by atoms with Crippen molar-refractivity contribution >= 4 is 49.0 Å². The summed E-state index contributed by atoms with van der Waals surface area (Å²) >= 11 is 3.55. The summed E-state index contributed by atoms with van der Waals surface area (Å²) in [5, 5.41) is 1.13. The normalized spacial score (nSPS) is 11.7. The number of hydrogen-bond donors (Lipinski definition) is 1. The molecule has 0 amide bonds. The lowest BCUT2D eigenvalue weighted by atomic mass is 10.2. The molecular formula is C16H14BrN4+. The number of rotatable bonds is 2. The molecule has 104 valence electrons. The predicted octanol–water partition coefficient (Wildman–Crippen LogP) is 2.74. The zero-order valence-corrected chi connectivity index (χ0v) is 13.0. The van der Waals surface area contributed by atoms with Gasteiger partial charge >= 0.3 is 0 Å². The Morgan fingerprint density at radius 2 is 1.81 bits per heavy atom. The SMILES string of the molecule is [NH3+]CCn1c2ccc(Br)cc2c2nc3ccccc3nc21. The van der Waals surface area contributed by atoms with E-state index in [-0.39, 0.29) is 0 Å². The minimum atomic E-state index is 0.823. The molecule has 5 heteroatoms. The third-order valence-corrected chi connectivity index (χ3v) is 4.19. The van der Waals surface area contributed by atoms with Crippen LogP contribution in [0.1, 0.15) is 0 Å². The molecule has 0 aliphatic carbocycles.